The van der Waals surface area contributed by atoms with Gasteiger partial charge in [0.1, 0.15) is 12.1 Å². The van der Waals surface area contributed by atoms with Crippen LogP contribution < -0.4 is 5.32 Å². The predicted molar refractivity (Wildman–Crippen MR) is 84.2 cm³/mol. The third-order valence-electron chi connectivity index (χ3n) is 5.19. The number of nitrogens with zero attached hydrogens (tertiary/aromatic N) is 3. The summed E-state index contributed by atoms with van der Waals surface area (Å²) in [5.41, 5.74) is 0. The largest absolute Gasteiger partial charge is 0.423 e. The highest BCUT2D eigenvalue weighted by molar-refractivity contribution is 5.75. The maximum Gasteiger partial charge on any atom is 0.408 e. The van der Waals surface area contributed by atoms with Gasteiger partial charge in [0.25, 0.3) is 0 Å². The third kappa shape index (κ3) is 3.94. The number of nitrogens with one attached hydrogen (secondary N) is 1. The summed E-state index contributed by atoms with van der Waals surface area (Å²) in [6.07, 6.45) is -1.94. The van der Waals surface area contributed by atoms with Crippen LogP contribution in [-0.4, -0.2) is 53.1 Å². The van der Waals surface area contributed by atoms with Crippen molar-refractivity contribution < 1.29 is 27.1 Å². The van der Waals surface area contributed by atoms with E-state index < -0.39 is 30.2 Å². The van der Waals surface area contributed by atoms with E-state index in [4.69, 9.17) is 9.15 Å². The van der Waals surface area contributed by atoms with Crippen molar-refractivity contribution in [3.63, 3.8) is 0 Å². The summed E-state index contributed by atoms with van der Waals surface area (Å²) < 4.78 is 51.1. The standard InChI is InChI=1S/C16H23F3N4O3/c1-9-21-22-14(26-9)12-7-11(25-2)8-23(12)15(24)20-13(16(17,18)19)10-5-3-4-6-10/h10-13H,3-8H2,1-2H3,(H,20,24)/t11-,12+,13?/m0/s1. The molecule has 3 atom stereocenters. The molecule has 146 valence electrons. The van der Waals surface area contributed by atoms with E-state index in [1.54, 1.807) is 6.92 Å². The first-order chi connectivity index (χ1) is 12.3. The second kappa shape index (κ2) is 7.42. The molecular weight excluding hydrogens is 353 g/mol. The minimum Gasteiger partial charge on any atom is -0.423 e. The van der Waals surface area contributed by atoms with Crippen molar-refractivity contribution in [2.45, 2.75) is 63.4 Å². The topological polar surface area (TPSA) is 80.5 Å². The van der Waals surface area contributed by atoms with Gasteiger partial charge in [-0.3, -0.25) is 0 Å². The van der Waals surface area contributed by atoms with Crippen molar-refractivity contribution in [2.75, 3.05) is 13.7 Å². The van der Waals surface area contributed by atoms with Gasteiger partial charge in [0.2, 0.25) is 11.8 Å². The van der Waals surface area contributed by atoms with Crippen molar-refractivity contribution in [1.29, 1.82) is 0 Å². The van der Waals surface area contributed by atoms with Gasteiger partial charge in [-0.25, -0.2) is 4.79 Å². The fourth-order valence-corrected chi connectivity index (χ4v) is 3.85. The van der Waals surface area contributed by atoms with Crippen LogP contribution in [0.1, 0.15) is 49.9 Å². The molecule has 2 heterocycles. The summed E-state index contributed by atoms with van der Waals surface area (Å²) in [5.74, 6) is -0.0363. The minimum atomic E-state index is -4.48. The Bertz CT molecular complexity index is 631. The van der Waals surface area contributed by atoms with Gasteiger partial charge in [-0.05, 0) is 18.8 Å². The molecule has 26 heavy (non-hydrogen) atoms. The summed E-state index contributed by atoms with van der Waals surface area (Å²) in [4.78, 5) is 14.0. The molecule has 0 spiro atoms. The molecule has 1 aromatic rings. The Morgan fingerprint density at radius 1 is 1.35 bits per heavy atom. The van der Waals surface area contributed by atoms with E-state index in [9.17, 15) is 18.0 Å². The number of aryl methyl sites for hydroxylation is 1. The molecule has 3 rings (SSSR count). The lowest BCUT2D eigenvalue weighted by Crippen LogP contribution is -2.53. The van der Waals surface area contributed by atoms with Crippen molar-refractivity contribution in [1.82, 2.24) is 20.4 Å². The summed E-state index contributed by atoms with van der Waals surface area (Å²) >= 11 is 0. The average molecular weight is 376 g/mol. The second-order valence-electron chi connectivity index (χ2n) is 6.93. The second-order valence-corrected chi connectivity index (χ2v) is 6.93. The van der Waals surface area contributed by atoms with Crippen LogP contribution in [0.25, 0.3) is 0 Å². The van der Waals surface area contributed by atoms with Gasteiger partial charge in [-0.2, -0.15) is 13.2 Å². The van der Waals surface area contributed by atoms with Crippen LogP contribution in [0.5, 0.6) is 0 Å². The van der Waals surface area contributed by atoms with Gasteiger partial charge in [-0.1, -0.05) is 12.8 Å². The molecule has 7 nitrogen and oxygen atoms in total. The van der Waals surface area contributed by atoms with Crippen molar-refractivity contribution >= 4 is 6.03 Å². The Morgan fingerprint density at radius 2 is 2.04 bits per heavy atom. The molecule has 1 aliphatic carbocycles. The number of halogens is 3. The molecule has 10 heteroatoms. The Hall–Kier alpha value is -1.84. The van der Waals surface area contributed by atoms with Crippen LogP contribution in [0.15, 0.2) is 4.42 Å². The fraction of sp³-hybridized carbons (Fsp3) is 0.812. The molecule has 2 amide bonds. The fourth-order valence-electron chi connectivity index (χ4n) is 3.85. The van der Waals surface area contributed by atoms with Gasteiger partial charge in [0, 0.05) is 27.0 Å². The number of likely N-dealkylation sites (tertiary alicyclic amines) is 1. The van der Waals surface area contributed by atoms with E-state index in [1.165, 1.54) is 12.0 Å². The molecule has 1 saturated heterocycles. The van der Waals surface area contributed by atoms with E-state index in [0.29, 0.717) is 25.2 Å². The van der Waals surface area contributed by atoms with E-state index in [-0.39, 0.29) is 18.5 Å². The SMILES string of the molecule is CO[C@H]1C[C@H](c2nnc(C)o2)N(C(=O)NC(C2CCCC2)C(F)(F)F)C1. The normalized spacial score (nSPS) is 25.7. The Kier molecular flexibility index (Phi) is 5.40. The molecule has 1 aliphatic heterocycles. The van der Waals surface area contributed by atoms with Crippen molar-refractivity contribution in [2.24, 2.45) is 5.92 Å². The first kappa shape index (κ1) is 18.9. The van der Waals surface area contributed by atoms with E-state index in [1.807, 2.05) is 0 Å². The summed E-state index contributed by atoms with van der Waals surface area (Å²) in [6, 6.07) is -3.22. The monoisotopic (exact) mass is 376 g/mol. The smallest absolute Gasteiger partial charge is 0.408 e. The molecule has 0 aromatic carbocycles. The molecule has 1 aromatic heterocycles. The number of rotatable bonds is 4. The first-order valence-corrected chi connectivity index (χ1v) is 8.76. The Labute approximate surface area is 149 Å². The van der Waals surface area contributed by atoms with Crippen LogP contribution in [0.4, 0.5) is 18.0 Å². The number of aromatic nitrogens is 2. The molecular formula is C16H23F3N4O3. The first-order valence-electron chi connectivity index (χ1n) is 8.76. The lowest BCUT2D eigenvalue weighted by atomic mass is 9.98. The molecule has 1 N–H and O–H groups in total. The number of carbonyl (C=O) groups is 1. The molecule has 2 aliphatic rings. The molecule has 1 unspecified atom stereocenters. The number of alkyl halides is 3. The maximum absolute atomic E-state index is 13.5. The number of ether oxygens (including phenoxy) is 1. The lowest BCUT2D eigenvalue weighted by molar-refractivity contribution is -0.165. The number of methoxy groups -OCH3 is 1. The van der Waals surface area contributed by atoms with Crippen LogP contribution in [0.2, 0.25) is 0 Å². The highest BCUT2D eigenvalue weighted by atomic mass is 19.4. The van der Waals surface area contributed by atoms with E-state index >= 15 is 0 Å². The van der Waals surface area contributed by atoms with Crippen molar-refractivity contribution in [3.8, 4) is 0 Å². The van der Waals surface area contributed by atoms with Crippen molar-refractivity contribution in [3.05, 3.63) is 11.8 Å². The third-order valence-corrected chi connectivity index (χ3v) is 5.19. The zero-order chi connectivity index (χ0) is 18.9. The number of hydrogen-bond donors (Lipinski definition) is 1. The van der Waals surface area contributed by atoms with Crippen LogP contribution >= 0.6 is 0 Å². The molecule has 0 bridgehead atoms. The Balaban J connectivity index is 1.77. The van der Waals surface area contributed by atoms with Crippen LogP contribution in [0, 0.1) is 12.8 Å². The zero-order valence-corrected chi connectivity index (χ0v) is 14.8. The summed E-state index contributed by atoms with van der Waals surface area (Å²) in [5, 5.41) is 9.87. The molecule has 1 saturated carbocycles. The van der Waals surface area contributed by atoms with Gasteiger partial charge in [0.15, 0.2) is 0 Å². The minimum absolute atomic E-state index is 0.170. The highest BCUT2D eigenvalue weighted by Gasteiger charge is 2.48. The highest BCUT2D eigenvalue weighted by Crippen LogP contribution is 2.37. The number of urea groups is 1. The number of carbonyl (C=O) groups excluding carboxylic acids is 1. The number of hydrogen-bond acceptors (Lipinski definition) is 5. The van der Waals surface area contributed by atoms with Gasteiger partial charge in [0.05, 0.1) is 6.10 Å². The Morgan fingerprint density at radius 3 is 2.58 bits per heavy atom. The summed E-state index contributed by atoms with van der Waals surface area (Å²) in [7, 11) is 1.50. The molecule has 0 radical (unpaired) electrons. The van der Waals surface area contributed by atoms with Gasteiger partial charge < -0.3 is 19.4 Å². The number of amides is 2. The van der Waals surface area contributed by atoms with E-state index in [0.717, 1.165) is 12.8 Å². The van der Waals surface area contributed by atoms with Crippen LogP contribution in [0.3, 0.4) is 0 Å². The quantitative estimate of drug-likeness (QED) is 0.874. The van der Waals surface area contributed by atoms with Gasteiger partial charge in [-0.15, -0.1) is 10.2 Å². The lowest BCUT2D eigenvalue weighted by Gasteiger charge is -2.30. The zero-order valence-electron chi connectivity index (χ0n) is 14.8. The van der Waals surface area contributed by atoms with Gasteiger partial charge >= 0.3 is 12.2 Å². The van der Waals surface area contributed by atoms with Crippen LogP contribution in [-0.2, 0) is 4.74 Å². The summed E-state index contributed by atoms with van der Waals surface area (Å²) in [6.45, 7) is 1.78. The molecule has 2 fully saturated rings. The average Bonchev–Trinajstić information content (AvgIpc) is 3.30. The maximum atomic E-state index is 13.5. The van der Waals surface area contributed by atoms with E-state index in [2.05, 4.69) is 15.5 Å². The predicted octanol–water partition coefficient (Wildman–Crippen LogP) is 2.97.